The van der Waals surface area contributed by atoms with Crippen LogP contribution in [0.4, 0.5) is 0 Å². The van der Waals surface area contributed by atoms with Gasteiger partial charge in [-0.15, -0.1) is 0 Å². The van der Waals surface area contributed by atoms with E-state index in [1.165, 1.54) is 24.3 Å². The minimum absolute atomic E-state index is 0. The first-order chi connectivity index (χ1) is 19.9. The van der Waals surface area contributed by atoms with Crippen LogP contribution in [0.2, 0.25) is 0 Å². The number of aromatic carboxylic acids is 6. The average molecular weight is 602 g/mol. The molecule has 48 heavy (non-hydrogen) atoms. The number of fused-ring (bicyclic) bond motifs is 4. The molecule has 0 N–H and O–H groups in total. The normalized spacial score (nSPS) is 10.1. The maximum absolute atomic E-state index is 12.6. The van der Waals surface area contributed by atoms with E-state index in [1.54, 1.807) is 18.2 Å². The molecule has 6 aromatic rings. The van der Waals surface area contributed by atoms with E-state index < -0.39 is 90.7 Å². The van der Waals surface area contributed by atoms with Crippen molar-refractivity contribution in [3.05, 3.63) is 81.9 Å². The van der Waals surface area contributed by atoms with Crippen molar-refractivity contribution in [2.75, 3.05) is 0 Å². The summed E-state index contributed by atoms with van der Waals surface area (Å²) in [6.45, 7) is 0. The van der Waals surface area contributed by atoms with E-state index in [0.29, 0.717) is 10.8 Å². The Morgan fingerprint density at radius 3 is 1.15 bits per heavy atom. The number of carboxylic acids is 6. The molecule has 0 saturated heterocycles. The third-order valence-corrected chi connectivity index (χ3v) is 7.40. The predicted octanol–water partition coefficient (Wildman–Crippen LogP) is -20.9. The van der Waals surface area contributed by atoms with Crippen LogP contribution in [0.5, 0.6) is 0 Å². The summed E-state index contributed by atoms with van der Waals surface area (Å²) in [5.41, 5.74) is -7.82. The second kappa shape index (κ2) is 16.3. The fourth-order valence-electron chi connectivity index (χ4n) is 6.08. The minimum atomic E-state index is -2.31. The van der Waals surface area contributed by atoms with Gasteiger partial charge in [-0.3, -0.25) is 0 Å². The van der Waals surface area contributed by atoms with Gasteiger partial charge in [0.05, 0.1) is 35.8 Å². The Bertz CT molecular complexity index is 2340. The smallest absolute Gasteiger partial charge is 0.545 e. The zero-order chi connectivity index (χ0) is 30.4. The van der Waals surface area contributed by atoms with Crippen molar-refractivity contribution in [3.8, 4) is 0 Å². The van der Waals surface area contributed by atoms with Gasteiger partial charge < -0.3 is 59.4 Å². The molecule has 0 fully saturated rings. The molecular weight excluding hydrogens is 594 g/mol. The van der Waals surface area contributed by atoms with Gasteiger partial charge >= 0.3 is 113 Å². The molecule has 0 saturated carbocycles. The van der Waals surface area contributed by atoms with Crippen molar-refractivity contribution >= 4 is 89.7 Å². The number of carbonyl (C=O) groups is 6. The van der Waals surface area contributed by atoms with E-state index >= 15 is 0 Å². The number of rotatable bonds is 6. The van der Waals surface area contributed by atoms with E-state index in [-0.39, 0.29) is 135 Å². The first-order valence-corrected chi connectivity index (χ1v) is 11.8. The fraction of sp³-hybridized carbons (Fsp3) is 0. The van der Waals surface area contributed by atoms with E-state index in [0.717, 1.165) is 6.07 Å². The Labute approximate surface area is 341 Å². The van der Waals surface area contributed by atoms with Gasteiger partial charge in [0.1, 0.15) is 0 Å². The van der Waals surface area contributed by atoms with Gasteiger partial charge in [-0.25, -0.2) is 0 Å². The van der Waals surface area contributed by atoms with Gasteiger partial charge in [-0.05, 0) is 49.2 Å². The van der Waals surface area contributed by atoms with E-state index in [9.17, 15) is 59.4 Å². The van der Waals surface area contributed by atoms with Crippen molar-refractivity contribution in [2.45, 2.75) is 0 Å². The monoisotopic (exact) mass is 602 g/mol. The van der Waals surface area contributed by atoms with Crippen molar-refractivity contribution < 1.29 is 173 Å². The molecule has 0 aromatic heterocycles. The largest absolute Gasteiger partial charge is 1.00 e. The summed E-state index contributed by atoms with van der Waals surface area (Å²) in [5, 5.41) is 72.2. The van der Waals surface area contributed by atoms with Crippen molar-refractivity contribution in [1.29, 1.82) is 0 Å². The maximum atomic E-state index is 12.6. The summed E-state index contributed by atoms with van der Waals surface area (Å²) in [4.78, 5) is 74.4. The van der Waals surface area contributed by atoms with Crippen LogP contribution in [0, 0.1) is 0 Å². The van der Waals surface area contributed by atoms with Crippen LogP contribution < -0.4 is 144 Å². The molecule has 0 aliphatic carbocycles. The first-order valence-electron chi connectivity index (χ1n) is 11.8. The second-order valence-corrected chi connectivity index (χ2v) is 9.35. The molecule has 0 aliphatic heterocycles. The Kier molecular flexibility index (Phi) is 15.4. The van der Waals surface area contributed by atoms with Crippen LogP contribution in [0.25, 0.3) is 53.9 Å². The third kappa shape index (κ3) is 6.36. The van der Waals surface area contributed by atoms with E-state index in [2.05, 4.69) is 0 Å². The molecule has 0 spiro atoms. The van der Waals surface area contributed by atoms with Gasteiger partial charge in [0, 0.05) is 44.2 Å². The number of benzene rings is 6. The Morgan fingerprint density at radius 2 is 0.688 bits per heavy atom. The summed E-state index contributed by atoms with van der Waals surface area (Å²) in [5.74, 6) is -13.4. The van der Waals surface area contributed by atoms with E-state index in [1.807, 2.05) is 0 Å². The van der Waals surface area contributed by atoms with Gasteiger partial charge in [0.25, 0.3) is 0 Å². The third-order valence-electron chi connectivity index (χ3n) is 7.40. The van der Waals surface area contributed by atoms with Crippen molar-refractivity contribution in [2.24, 2.45) is 0 Å². The molecule has 0 heterocycles. The Hall–Kier alpha value is -2.72. The van der Waals surface area contributed by atoms with Crippen LogP contribution in [-0.2, 0) is 0 Å². The number of hydrogen-bond donors (Lipinski definition) is 0. The zero-order valence-electron chi connectivity index (χ0n) is 26.5. The van der Waals surface area contributed by atoms with Gasteiger partial charge in [-0.2, -0.15) is 0 Å². The number of carbonyl (C=O) groups excluding carboxylic acids is 6. The molecule has 206 valence electrons. The molecule has 0 unspecified atom stereocenters. The molecule has 0 radical (unpaired) electrons. The molecule has 6 rings (SSSR count). The maximum Gasteiger partial charge on any atom is 1.00 e. The fourth-order valence-corrected chi connectivity index (χ4v) is 6.08. The van der Waals surface area contributed by atoms with Crippen LogP contribution in [0.3, 0.4) is 0 Å². The van der Waals surface area contributed by atoms with Gasteiger partial charge in [-0.1, -0.05) is 42.5 Å². The first kappa shape index (κ1) is 45.3. The summed E-state index contributed by atoms with van der Waals surface area (Å²) < 4.78 is 0. The summed E-state index contributed by atoms with van der Waals surface area (Å²) in [7, 11) is 0. The quantitative estimate of drug-likeness (QED) is 0.0981. The van der Waals surface area contributed by atoms with Crippen molar-refractivity contribution in [1.82, 2.24) is 0 Å². The van der Waals surface area contributed by atoms with Gasteiger partial charge in [0.15, 0.2) is 0 Å². The number of hydrogen-bond acceptors (Lipinski definition) is 12. The van der Waals surface area contributed by atoms with Gasteiger partial charge in [0.2, 0.25) is 0 Å². The standard InChI is InChI=1S/C30H14O12.6Li/c31-25(32)17-12-7-3-6-11-14-10-5-2-1-4-9(10)8-13-16(14)20(19(15(11)12)23(29(39)40)21(17)27(35)36)24(30(41)42)22(28(37)38)18(13)26(33)34;;;;;;/h1-8H,(H,31,32)(H,33,34)(H,35,36)(H,37,38)(H,39,40)(H,41,42);;;;;;/q;6*+1/p-6. The molecule has 0 aliphatic rings. The van der Waals surface area contributed by atoms with Crippen LogP contribution in [0.1, 0.15) is 62.1 Å². The Balaban J connectivity index is 0.00000368. The predicted molar refractivity (Wildman–Crippen MR) is 131 cm³/mol. The van der Waals surface area contributed by atoms with Crippen molar-refractivity contribution in [3.63, 3.8) is 0 Å². The molecule has 18 heteroatoms. The average Bonchev–Trinajstić information content (AvgIpc) is 2.92. The summed E-state index contributed by atoms with van der Waals surface area (Å²) in [6, 6.07) is 11.2. The van der Waals surface area contributed by atoms with Crippen LogP contribution >= 0.6 is 0 Å². The Morgan fingerprint density at radius 1 is 0.333 bits per heavy atom. The molecule has 12 nitrogen and oxygen atoms in total. The second-order valence-electron chi connectivity index (χ2n) is 9.35. The topological polar surface area (TPSA) is 241 Å². The summed E-state index contributed by atoms with van der Waals surface area (Å²) >= 11 is 0. The zero-order valence-corrected chi connectivity index (χ0v) is 26.5. The molecule has 6 aromatic carbocycles. The molecule has 0 atom stereocenters. The molecule has 0 bridgehead atoms. The summed E-state index contributed by atoms with van der Waals surface area (Å²) in [6.07, 6.45) is 0. The van der Waals surface area contributed by atoms with Crippen LogP contribution in [-0.4, -0.2) is 35.8 Å². The van der Waals surface area contributed by atoms with Crippen LogP contribution in [0.15, 0.2) is 48.5 Å². The SMILES string of the molecule is O=C([O-])c1c(C(=O)[O-])c2cccc3c2c(c1C(=O)[O-])c1c(C(=O)[O-])c(C(=O)[O-])c(C(=O)[O-])c2cc4ccccc4c3c21.[Li+].[Li+].[Li+].[Li+].[Li+].[Li+]. The molecular formula is C30H8Li6O12. The number of carboxylic acid groups (broad SMARTS) is 6. The molecule has 0 amide bonds. The minimum Gasteiger partial charge on any atom is -0.545 e. The van der Waals surface area contributed by atoms with E-state index in [4.69, 9.17) is 0 Å².